The Balaban J connectivity index is 2.78. The lowest BCUT2D eigenvalue weighted by Gasteiger charge is -2.21. The van der Waals surface area contributed by atoms with E-state index in [9.17, 15) is 9.59 Å². The van der Waals surface area contributed by atoms with Crippen LogP contribution in [0.2, 0.25) is 0 Å². The molecule has 0 saturated carbocycles. The third-order valence-corrected chi connectivity index (χ3v) is 3.51. The van der Waals surface area contributed by atoms with Crippen LogP contribution < -0.4 is 4.90 Å². The van der Waals surface area contributed by atoms with Crippen molar-refractivity contribution in [2.75, 3.05) is 31.6 Å². The van der Waals surface area contributed by atoms with Gasteiger partial charge in [0.1, 0.15) is 6.54 Å². The van der Waals surface area contributed by atoms with Gasteiger partial charge in [-0.05, 0) is 37.1 Å². The second-order valence-electron chi connectivity index (χ2n) is 5.44. The van der Waals surface area contributed by atoms with Gasteiger partial charge in [-0.15, -0.1) is 0 Å². The monoisotopic (exact) mass is 306 g/mol. The Bertz CT molecular complexity index is 485. The molecular formula is C17H26N2O3. The van der Waals surface area contributed by atoms with E-state index in [0.717, 1.165) is 31.5 Å². The van der Waals surface area contributed by atoms with Crippen molar-refractivity contribution >= 4 is 17.6 Å². The summed E-state index contributed by atoms with van der Waals surface area (Å²) in [6, 6.07) is 7.36. The molecule has 0 aliphatic heterocycles. The van der Waals surface area contributed by atoms with Crippen LogP contribution in [0.4, 0.5) is 5.69 Å². The number of carbonyl (C=O) groups is 2. The van der Waals surface area contributed by atoms with E-state index in [1.54, 1.807) is 12.1 Å². The standard InChI is InChI=1S/C17H26N2O3/c1-4-6-12-18(3)15-9-7-14(8-10-15)17(22)19(11-5-2)13-16(20)21/h7-10H,4-6,11-13H2,1-3H3,(H,20,21). The maximum absolute atomic E-state index is 12.4. The molecule has 22 heavy (non-hydrogen) atoms. The summed E-state index contributed by atoms with van der Waals surface area (Å²) in [5.74, 6) is -1.22. The molecule has 5 heteroatoms. The lowest BCUT2D eigenvalue weighted by Crippen LogP contribution is -2.36. The molecule has 0 bridgehead atoms. The van der Waals surface area contributed by atoms with Crippen LogP contribution in [-0.4, -0.2) is 48.6 Å². The highest BCUT2D eigenvalue weighted by atomic mass is 16.4. The number of nitrogens with zero attached hydrogens (tertiary/aromatic N) is 2. The number of aliphatic carboxylic acids is 1. The number of anilines is 1. The lowest BCUT2D eigenvalue weighted by molar-refractivity contribution is -0.137. The van der Waals surface area contributed by atoms with Crippen molar-refractivity contribution in [1.82, 2.24) is 4.90 Å². The van der Waals surface area contributed by atoms with Crippen LogP contribution in [0, 0.1) is 0 Å². The molecule has 1 aromatic carbocycles. The van der Waals surface area contributed by atoms with Crippen LogP contribution in [0.15, 0.2) is 24.3 Å². The fraction of sp³-hybridized carbons (Fsp3) is 0.529. The van der Waals surface area contributed by atoms with Crippen LogP contribution in [0.5, 0.6) is 0 Å². The molecule has 1 N–H and O–H groups in total. The van der Waals surface area contributed by atoms with E-state index in [1.807, 2.05) is 26.1 Å². The molecule has 122 valence electrons. The van der Waals surface area contributed by atoms with Crippen molar-refractivity contribution in [1.29, 1.82) is 0 Å². The Hall–Kier alpha value is -2.04. The van der Waals surface area contributed by atoms with E-state index < -0.39 is 5.97 Å². The Morgan fingerprint density at radius 2 is 1.68 bits per heavy atom. The fourth-order valence-corrected chi connectivity index (χ4v) is 2.25. The number of hydrogen-bond acceptors (Lipinski definition) is 3. The van der Waals surface area contributed by atoms with Crippen molar-refractivity contribution in [3.63, 3.8) is 0 Å². The van der Waals surface area contributed by atoms with Gasteiger partial charge >= 0.3 is 5.97 Å². The number of amides is 1. The van der Waals surface area contributed by atoms with E-state index in [1.165, 1.54) is 4.90 Å². The van der Waals surface area contributed by atoms with Gasteiger partial charge in [0.25, 0.3) is 5.91 Å². The SMILES string of the molecule is CCCCN(C)c1ccc(C(=O)N(CCC)CC(=O)O)cc1. The molecule has 0 atom stereocenters. The van der Waals surface area contributed by atoms with Crippen molar-refractivity contribution < 1.29 is 14.7 Å². The maximum atomic E-state index is 12.4. The second-order valence-corrected chi connectivity index (χ2v) is 5.44. The smallest absolute Gasteiger partial charge is 0.323 e. The summed E-state index contributed by atoms with van der Waals surface area (Å²) in [6.07, 6.45) is 3.00. The summed E-state index contributed by atoms with van der Waals surface area (Å²) in [5.41, 5.74) is 1.59. The van der Waals surface area contributed by atoms with Gasteiger partial charge in [-0.3, -0.25) is 9.59 Å². The minimum Gasteiger partial charge on any atom is -0.480 e. The molecule has 0 unspecified atom stereocenters. The predicted molar refractivity (Wildman–Crippen MR) is 88.5 cm³/mol. The van der Waals surface area contributed by atoms with Crippen LogP contribution in [0.1, 0.15) is 43.5 Å². The summed E-state index contributed by atoms with van der Waals surface area (Å²) in [4.78, 5) is 26.8. The number of unbranched alkanes of at least 4 members (excludes halogenated alkanes) is 1. The number of carboxylic acids is 1. The average molecular weight is 306 g/mol. The normalized spacial score (nSPS) is 10.3. The topological polar surface area (TPSA) is 60.9 Å². The van der Waals surface area contributed by atoms with E-state index >= 15 is 0 Å². The highest BCUT2D eigenvalue weighted by molar-refractivity contribution is 5.96. The first-order valence-electron chi connectivity index (χ1n) is 7.81. The van der Waals surface area contributed by atoms with Gasteiger partial charge in [-0.1, -0.05) is 20.3 Å². The Morgan fingerprint density at radius 3 is 2.18 bits per heavy atom. The quantitative estimate of drug-likeness (QED) is 0.762. The van der Waals surface area contributed by atoms with Gasteiger partial charge < -0.3 is 14.9 Å². The molecule has 0 heterocycles. The highest BCUT2D eigenvalue weighted by Crippen LogP contribution is 2.16. The van der Waals surface area contributed by atoms with Crippen molar-refractivity contribution in [3.05, 3.63) is 29.8 Å². The molecule has 5 nitrogen and oxygen atoms in total. The Kier molecular flexibility index (Phi) is 7.43. The van der Waals surface area contributed by atoms with Crippen molar-refractivity contribution in [2.24, 2.45) is 0 Å². The van der Waals surface area contributed by atoms with Crippen LogP contribution in [-0.2, 0) is 4.79 Å². The lowest BCUT2D eigenvalue weighted by atomic mass is 10.1. The second kappa shape index (κ2) is 9.07. The largest absolute Gasteiger partial charge is 0.480 e. The van der Waals surface area contributed by atoms with E-state index in [2.05, 4.69) is 11.8 Å². The summed E-state index contributed by atoms with van der Waals surface area (Å²) >= 11 is 0. The predicted octanol–water partition coefficient (Wildman–Crippen LogP) is 2.86. The summed E-state index contributed by atoms with van der Waals surface area (Å²) in [5, 5.41) is 8.91. The van der Waals surface area contributed by atoms with Gasteiger partial charge in [0.15, 0.2) is 0 Å². The Morgan fingerprint density at radius 1 is 1.05 bits per heavy atom. The van der Waals surface area contributed by atoms with Gasteiger partial charge in [-0.2, -0.15) is 0 Å². The average Bonchev–Trinajstić information content (AvgIpc) is 2.51. The van der Waals surface area contributed by atoms with Crippen molar-refractivity contribution in [2.45, 2.75) is 33.1 Å². The van der Waals surface area contributed by atoms with Gasteiger partial charge in [0, 0.05) is 31.4 Å². The summed E-state index contributed by atoms with van der Waals surface area (Å²) in [6.45, 7) is 5.24. The first-order chi connectivity index (χ1) is 10.5. The number of hydrogen-bond donors (Lipinski definition) is 1. The zero-order valence-corrected chi connectivity index (χ0v) is 13.7. The molecule has 0 aliphatic rings. The maximum Gasteiger partial charge on any atom is 0.323 e. The number of carbonyl (C=O) groups excluding carboxylic acids is 1. The first kappa shape index (κ1) is 18.0. The minimum atomic E-state index is -0.988. The fourth-order valence-electron chi connectivity index (χ4n) is 2.25. The minimum absolute atomic E-state index is 0.230. The third kappa shape index (κ3) is 5.39. The summed E-state index contributed by atoms with van der Waals surface area (Å²) < 4.78 is 0. The van der Waals surface area contributed by atoms with Crippen LogP contribution in [0.3, 0.4) is 0 Å². The molecule has 0 saturated heterocycles. The van der Waals surface area contributed by atoms with Crippen LogP contribution >= 0.6 is 0 Å². The van der Waals surface area contributed by atoms with Gasteiger partial charge in [0.2, 0.25) is 0 Å². The number of rotatable bonds is 9. The van der Waals surface area contributed by atoms with E-state index in [0.29, 0.717) is 12.1 Å². The zero-order chi connectivity index (χ0) is 16.5. The molecule has 0 spiro atoms. The summed E-state index contributed by atoms with van der Waals surface area (Å²) in [7, 11) is 2.03. The zero-order valence-electron chi connectivity index (χ0n) is 13.7. The van der Waals surface area contributed by atoms with Gasteiger partial charge in [-0.25, -0.2) is 0 Å². The highest BCUT2D eigenvalue weighted by Gasteiger charge is 2.17. The third-order valence-electron chi connectivity index (χ3n) is 3.51. The molecule has 1 aromatic rings. The van der Waals surface area contributed by atoms with Gasteiger partial charge in [0.05, 0.1) is 0 Å². The molecule has 0 aliphatic carbocycles. The number of carboxylic acid groups (broad SMARTS) is 1. The molecule has 0 radical (unpaired) electrons. The molecule has 1 rings (SSSR count). The van der Waals surface area contributed by atoms with Crippen LogP contribution in [0.25, 0.3) is 0 Å². The Labute approximate surface area is 132 Å². The van der Waals surface area contributed by atoms with E-state index in [4.69, 9.17) is 5.11 Å². The van der Waals surface area contributed by atoms with Crippen molar-refractivity contribution in [3.8, 4) is 0 Å². The number of benzene rings is 1. The molecular weight excluding hydrogens is 280 g/mol. The molecule has 0 aromatic heterocycles. The van der Waals surface area contributed by atoms with E-state index in [-0.39, 0.29) is 12.5 Å². The first-order valence-corrected chi connectivity index (χ1v) is 7.81. The molecule has 1 amide bonds. The molecule has 0 fully saturated rings.